The number of phenolic OH excluding ortho intramolecular Hbond substituents is 1. The first-order chi connectivity index (χ1) is 6.79. The highest BCUT2D eigenvalue weighted by molar-refractivity contribution is 5.40. The van der Waals surface area contributed by atoms with E-state index in [2.05, 4.69) is 10.6 Å². The third-order valence-corrected chi connectivity index (χ3v) is 1.85. The highest BCUT2D eigenvalue weighted by Gasteiger charge is 1.91. The van der Waals surface area contributed by atoms with Gasteiger partial charge in [-0.1, -0.05) is 0 Å². The standard InChI is InChI=1S/C6H7NO.C4H10N2/c7-5-1-3-6(8)4-2-5;1-2-6-4-3-5-1/h1-4,8H,7H2;5-6H,1-4H2. The van der Waals surface area contributed by atoms with Crippen molar-refractivity contribution in [3.8, 4) is 5.75 Å². The Morgan fingerprint density at radius 3 is 1.64 bits per heavy atom. The fraction of sp³-hybridized carbons (Fsp3) is 0.400. The number of rotatable bonds is 0. The molecule has 1 saturated heterocycles. The maximum absolute atomic E-state index is 8.70. The van der Waals surface area contributed by atoms with E-state index in [0.29, 0.717) is 5.69 Å². The number of hydrogen-bond acceptors (Lipinski definition) is 4. The Kier molecular flexibility index (Phi) is 4.82. The number of piperazine rings is 1. The molecule has 0 unspecified atom stereocenters. The number of benzene rings is 1. The lowest BCUT2D eigenvalue weighted by atomic mass is 10.3. The van der Waals surface area contributed by atoms with Crippen LogP contribution in [0.15, 0.2) is 24.3 Å². The van der Waals surface area contributed by atoms with Gasteiger partial charge in [0.15, 0.2) is 0 Å². The molecular weight excluding hydrogens is 178 g/mol. The molecule has 4 nitrogen and oxygen atoms in total. The molecule has 1 aromatic carbocycles. The van der Waals surface area contributed by atoms with E-state index in [1.807, 2.05) is 0 Å². The van der Waals surface area contributed by atoms with Crippen LogP contribution in [0.4, 0.5) is 5.69 Å². The SMILES string of the molecule is C1CNCCN1.Nc1ccc(O)cc1. The van der Waals surface area contributed by atoms with Crippen LogP contribution in [0.2, 0.25) is 0 Å². The van der Waals surface area contributed by atoms with Crippen LogP contribution in [0, 0.1) is 0 Å². The van der Waals surface area contributed by atoms with Crippen LogP contribution in [0.5, 0.6) is 5.75 Å². The number of phenols is 1. The first-order valence-corrected chi connectivity index (χ1v) is 4.75. The Labute approximate surface area is 84.1 Å². The van der Waals surface area contributed by atoms with Gasteiger partial charge in [-0.25, -0.2) is 0 Å². The van der Waals surface area contributed by atoms with Gasteiger partial charge in [0, 0.05) is 31.9 Å². The van der Waals surface area contributed by atoms with Crippen LogP contribution >= 0.6 is 0 Å². The zero-order valence-electron chi connectivity index (χ0n) is 8.16. The molecule has 1 fully saturated rings. The summed E-state index contributed by atoms with van der Waals surface area (Å²) in [6.45, 7) is 4.56. The van der Waals surface area contributed by atoms with Crippen molar-refractivity contribution in [2.75, 3.05) is 31.9 Å². The summed E-state index contributed by atoms with van der Waals surface area (Å²) in [4.78, 5) is 0. The van der Waals surface area contributed by atoms with Crippen molar-refractivity contribution < 1.29 is 5.11 Å². The number of nitrogen functional groups attached to an aromatic ring is 1. The Morgan fingerprint density at radius 1 is 0.929 bits per heavy atom. The molecule has 0 aliphatic carbocycles. The van der Waals surface area contributed by atoms with E-state index in [1.54, 1.807) is 24.3 Å². The smallest absolute Gasteiger partial charge is 0.115 e. The van der Waals surface area contributed by atoms with E-state index >= 15 is 0 Å². The number of nitrogens with two attached hydrogens (primary N) is 1. The van der Waals surface area contributed by atoms with Crippen molar-refractivity contribution in [1.29, 1.82) is 0 Å². The van der Waals surface area contributed by atoms with E-state index in [9.17, 15) is 0 Å². The summed E-state index contributed by atoms with van der Waals surface area (Å²) in [6, 6.07) is 6.40. The molecule has 0 bridgehead atoms. The van der Waals surface area contributed by atoms with Gasteiger partial charge in [-0.3, -0.25) is 0 Å². The Balaban J connectivity index is 0.000000146. The molecule has 1 heterocycles. The highest BCUT2D eigenvalue weighted by atomic mass is 16.3. The quantitative estimate of drug-likeness (QED) is 0.351. The van der Waals surface area contributed by atoms with E-state index in [0.717, 1.165) is 26.2 Å². The summed E-state index contributed by atoms with van der Waals surface area (Å²) >= 11 is 0. The molecule has 1 aliphatic rings. The van der Waals surface area contributed by atoms with Crippen molar-refractivity contribution in [1.82, 2.24) is 10.6 Å². The van der Waals surface area contributed by atoms with Gasteiger partial charge in [0.2, 0.25) is 0 Å². The van der Waals surface area contributed by atoms with E-state index in [1.165, 1.54) is 0 Å². The van der Waals surface area contributed by atoms with Crippen LogP contribution in [0.1, 0.15) is 0 Å². The van der Waals surface area contributed by atoms with E-state index < -0.39 is 0 Å². The summed E-state index contributed by atoms with van der Waals surface area (Å²) in [5, 5.41) is 15.1. The van der Waals surface area contributed by atoms with Gasteiger partial charge in [0.05, 0.1) is 0 Å². The summed E-state index contributed by atoms with van der Waals surface area (Å²) in [5.41, 5.74) is 5.98. The molecule has 0 spiro atoms. The minimum Gasteiger partial charge on any atom is -0.508 e. The zero-order chi connectivity index (χ0) is 10.2. The normalized spacial score (nSPS) is 15.4. The third-order valence-electron chi connectivity index (χ3n) is 1.85. The highest BCUT2D eigenvalue weighted by Crippen LogP contribution is 2.09. The molecule has 4 heteroatoms. The average Bonchev–Trinajstić information content (AvgIpc) is 2.26. The summed E-state index contributed by atoms with van der Waals surface area (Å²) < 4.78 is 0. The van der Waals surface area contributed by atoms with Crippen molar-refractivity contribution >= 4 is 5.69 Å². The molecule has 78 valence electrons. The number of anilines is 1. The molecule has 0 saturated carbocycles. The molecule has 2 rings (SSSR count). The molecular formula is C10H17N3O. The van der Waals surface area contributed by atoms with Crippen LogP contribution in [0.25, 0.3) is 0 Å². The molecule has 0 amide bonds. The predicted molar refractivity (Wildman–Crippen MR) is 58.3 cm³/mol. The van der Waals surface area contributed by atoms with Crippen LogP contribution < -0.4 is 16.4 Å². The molecule has 0 aromatic heterocycles. The van der Waals surface area contributed by atoms with Gasteiger partial charge in [0.25, 0.3) is 0 Å². The molecule has 1 aliphatic heterocycles. The number of nitrogens with one attached hydrogen (secondary N) is 2. The molecule has 0 radical (unpaired) electrons. The Bertz CT molecular complexity index is 212. The second-order valence-electron chi connectivity index (χ2n) is 3.09. The lowest BCUT2D eigenvalue weighted by molar-refractivity contribution is 0.475. The van der Waals surface area contributed by atoms with Crippen LogP contribution in [-0.2, 0) is 0 Å². The lowest BCUT2D eigenvalue weighted by Crippen LogP contribution is -2.39. The topological polar surface area (TPSA) is 70.3 Å². The van der Waals surface area contributed by atoms with Gasteiger partial charge in [0.1, 0.15) is 5.75 Å². The van der Waals surface area contributed by atoms with Crippen molar-refractivity contribution in [3.63, 3.8) is 0 Å². The molecule has 1 aromatic rings. The maximum Gasteiger partial charge on any atom is 0.115 e. The van der Waals surface area contributed by atoms with Crippen molar-refractivity contribution in [2.24, 2.45) is 0 Å². The average molecular weight is 195 g/mol. The van der Waals surface area contributed by atoms with E-state index in [4.69, 9.17) is 10.8 Å². The molecule has 14 heavy (non-hydrogen) atoms. The first-order valence-electron chi connectivity index (χ1n) is 4.75. The summed E-state index contributed by atoms with van der Waals surface area (Å²) in [6.07, 6.45) is 0. The van der Waals surface area contributed by atoms with Crippen LogP contribution in [0.3, 0.4) is 0 Å². The third kappa shape index (κ3) is 4.69. The molecule has 5 N–H and O–H groups in total. The Hall–Kier alpha value is -1.26. The fourth-order valence-corrected chi connectivity index (χ4v) is 1.08. The van der Waals surface area contributed by atoms with Crippen molar-refractivity contribution in [2.45, 2.75) is 0 Å². The largest absolute Gasteiger partial charge is 0.508 e. The zero-order valence-corrected chi connectivity index (χ0v) is 8.16. The Morgan fingerprint density at radius 2 is 1.36 bits per heavy atom. The first kappa shape index (κ1) is 10.8. The minimum absolute atomic E-state index is 0.249. The van der Waals surface area contributed by atoms with Gasteiger partial charge in [-0.05, 0) is 24.3 Å². The van der Waals surface area contributed by atoms with Crippen LogP contribution in [-0.4, -0.2) is 31.3 Å². The molecule has 0 atom stereocenters. The van der Waals surface area contributed by atoms with Gasteiger partial charge < -0.3 is 21.5 Å². The van der Waals surface area contributed by atoms with Gasteiger partial charge >= 0.3 is 0 Å². The minimum atomic E-state index is 0.249. The number of aromatic hydroxyl groups is 1. The van der Waals surface area contributed by atoms with Gasteiger partial charge in [-0.2, -0.15) is 0 Å². The lowest BCUT2D eigenvalue weighted by Gasteiger charge is -2.11. The predicted octanol–water partition coefficient (Wildman–Crippen LogP) is 0.154. The second-order valence-corrected chi connectivity index (χ2v) is 3.09. The maximum atomic E-state index is 8.70. The second kappa shape index (κ2) is 6.23. The van der Waals surface area contributed by atoms with Crippen molar-refractivity contribution in [3.05, 3.63) is 24.3 Å². The van der Waals surface area contributed by atoms with Gasteiger partial charge in [-0.15, -0.1) is 0 Å². The monoisotopic (exact) mass is 195 g/mol. The summed E-state index contributed by atoms with van der Waals surface area (Å²) in [5.74, 6) is 0.249. The van der Waals surface area contributed by atoms with E-state index in [-0.39, 0.29) is 5.75 Å². The summed E-state index contributed by atoms with van der Waals surface area (Å²) in [7, 11) is 0. The fourth-order valence-electron chi connectivity index (χ4n) is 1.08. The number of hydrogen-bond donors (Lipinski definition) is 4.